The summed E-state index contributed by atoms with van der Waals surface area (Å²) in [5, 5.41) is 10.8. The van der Waals surface area contributed by atoms with Crippen molar-refractivity contribution in [3.05, 3.63) is 0 Å². The molecule has 1 heterocycles. The summed E-state index contributed by atoms with van der Waals surface area (Å²) >= 11 is 0. The van der Waals surface area contributed by atoms with Crippen molar-refractivity contribution in [2.24, 2.45) is 17.8 Å². The first-order valence-electron chi connectivity index (χ1n) is 6.90. The van der Waals surface area contributed by atoms with E-state index >= 15 is 0 Å². The minimum absolute atomic E-state index is 0.389. The maximum absolute atomic E-state index is 10.8. The Bertz CT molecular complexity index is 223. The van der Waals surface area contributed by atoms with Gasteiger partial charge < -0.3 is 9.84 Å². The second kappa shape index (κ2) is 5.05. The smallest absolute Gasteiger partial charge is 0.0678 e. The van der Waals surface area contributed by atoms with Crippen molar-refractivity contribution in [3.63, 3.8) is 0 Å². The Morgan fingerprint density at radius 3 is 2.50 bits per heavy atom. The molecule has 2 heteroatoms. The van der Waals surface area contributed by atoms with E-state index in [1.807, 2.05) is 0 Å². The lowest BCUT2D eigenvalue weighted by atomic mass is 9.68. The highest BCUT2D eigenvalue weighted by molar-refractivity contribution is 4.92. The third-order valence-electron chi connectivity index (χ3n) is 4.69. The summed E-state index contributed by atoms with van der Waals surface area (Å²) in [6.45, 7) is 6.29. The van der Waals surface area contributed by atoms with Crippen LogP contribution in [0.5, 0.6) is 0 Å². The number of hydrogen-bond donors (Lipinski definition) is 1. The van der Waals surface area contributed by atoms with Crippen LogP contribution in [0.3, 0.4) is 0 Å². The van der Waals surface area contributed by atoms with E-state index in [0.29, 0.717) is 17.8 Å². The summed E-state index contributed by atoms with van der Waals surface area (Å²) in [6, 6.07) is 0. The molecule has 0 aromatic rings. The van der Waals surface area contributed by atoms with Gasteiger partial charge in [-0.15, -0.1) is 0 Å². The van der Waals surface area contributed by atoms with Gasteiger partial charge in [0.2, 0.25) is 0 Å². The van der Waals surface area contributed by atoms with Crippen LogP contribution in [0.15, 0.2) is 0 Å². The van der Waals surface area contributed by atoms with Crippen LogP contribution in [0.2, 0.25) is 0 Å². The second-order valence-corrected chi connectivity index (χ2v) is 6.15. The SMILES string of the molecule is CC1CCC(C)C(O)(CC2CCOCC2)C1. The van der Waals surface area contributed by atoms with Gasteiger partial charge in [-0.3, -0.25) is 0 Å². The van der Waals surface area contributed by atoms with Gasteiger partial charge in [0.05, 0.1) is 5.60 Å². The van der Waals surface area contributed by atoms with Gasteiger partial charge in [0, 0.05) is 13.2 Å². The Hall–Kier alpha value is -0.0800. The van der Waals surface area contributed by atoms with Crippen LogP contribution in [-0.4, -0.2) is 23.9 Å². The molecule has 2 aliphatic rings. The molecular weight excluding hydrogens is 200 g/mol. The summed E-state index contributed by atoms with van der Waals surface area (Å²) in [4.78, 5) is 0. The zero-order chi connectivity index (χ0) is 11.6. The first kappa shape index (κ1) is 12.4. The highest BCUT2D eigenvalue weighted by Gasteiger charge is 2.40. The van der Waals surface area contributed by atoms with Crippen LogP contribution in [0, 0.1) is 17.8 Å². The molecule has 2 rings (SSSR count). The Balaban J connectivity index is 1.93. The van der Waals surface area contributed by atoms with Crippen LogP contribution >= 0.6 is 0 Å². The lowest BCUT2D eigenvalue weighted by Gasteiger charge is -2.43. The topological polar surface area (TPSA) is 29.5 Å². The van der Waals surface area contributed by atoms with E-state index in [-0.39, 0.29) is 5.60 Å². The molecule has 1 saturated carbocycles. The molecule has 1 N–H and O–H groups in total. The van der Waals surface area contributed by atoms with Gasteiger partial charge in [-0.1, -0.05) is 20.3 Å². The summed E-state index contributed by atoms with van der Waals surface area (Å²) < 4.78 is 5.39. The quantitative estimate of drug-likeness (QED) is 0.784. The zero-order valence-corrected chi connectivity index (χ0v) is 10.7. The molecule has 16 heavy (non-hydrogen) atoms. The maximum Gasteiger partial charge on any atom is 0.0678 e. The summed E-state index contributed by atoms with van der Waals surface area (Å²) in [5.41, 5.74) is -0.389. The average molecular weight is 226 g/mol. The molecule has 0 aromatic carbocycles. The van der Waals surface area contributed by atoms with E-state index in [1.54, 1.807) is 0 Å². The van der Waals surface area contributed by atoms with Gasteiger partial charge in [-0.2, -0.15) is 0 Å². The first-order valence-corrected chi connectivity index (χ1v) is 6.90. The van der Waals surface area contributed by atoms with Crippen LogP contribution in [0.4, 0.5) is 0 Å². The fraction of sp³-hybridized carbons (Fsp3) is 1.00. The van der Waals surface area contributed by atoms with Crippen molar-refractivity contribution in [1.29, 1.82) is 0 Å². The Kier molecular flexibility index (Phi) is 3.91. The van der Waals surface area contributed by atoms with Gasteiger partial charge >= 0.3 is 0 Å². The maximum atomic E-state index is 10.8. The largest absolute Gasteiger partial charge is 0.390 e. The van der Waals surface area contributed by atoms with Crippen molar-refractivity contribution in [3.8, 4) is 0 Å². The Morgan fingerprint density at radius 2 is 1.81 bits per heavy atom. The number of ether oxygens (including phenoxy) is 1. The fourth-order valence-corrected chi connectivity index (χ4v) is 3.44. The molecule has 0 amide bonds. The normalized spacial score (nSPS) is 42.2. The second-order valence-electron chi connectivity index (χ2n) is 6.15. The summed E-state index contributed by atoms with van der Waals surface area (Å²) in [6.07, 6.45) is 6.78. The van der Waals surface area contributed by atoms with Crippen molar-refractivity contribution in [2.75, 3.05) is 13.2 Å². The van der Waals surface area contributed by atoms with E-state index in [1.165, 1.54) is 12.8 Å². The molecule has 1 aliphatic heterocycles. The minimum atomic E-state index is -0.389. The van der Waals surface area contributed by atoms with Gasteiger partial charge in [0.1, 0.15) is 0 Å². The van der Waals surface area contributed by atoms with Crippen molar-refractivity contribution >= 4 is 0 Å². The third kappa shape index (κ3) is 2.78. The molecule has 94 valence electrons. The standard InChI is InChI=1S/C14H26O2/c1-11-3-4-12(2)14(15,9-11)10-13-5-7-16-8-6-13/h11-13,15H,3-10H2,1-2H3. The fourth-order valence-electron chi connectivity index (χ4n) is 3.44. The lowest BCUT2D eigenvalue weighted by molar-refractivity contribution is -0.0832. The predicted octanol–water partition coefficient (Wildman–Crippen LogP) is 2.99. The summed E-state index contributed by atoms with van der Waals surface area (Å²) in [7, 11) is 0. The van der Waals surface area contributed by atoms with Crippen molar-refractivity contribution in [2.45, 2.75) is 58.0 Å². The van der Waals surface area contributed by atoms with Crippen LogP contribution in [-0.2, 0) is 4.74 Å². The predicted molar refractivity (Wildman–Crippen MR) is 65.3 cm³/mol. The molecule has 2 fully saturated rings. The molecule has 0 aromatic heterocycles. The van der Waals surface area contributed by atoms with E-state index in [2.05, 4.69) is 13.8 Å². The van der Waals surface area contributed by atoms with Gasteiger partial charge in [0.25, 0.3) is 0 Å². The van der Waals surface area contributed by atoms with Crippen molar-refractivity contribution in [1.82, 2.24) is 0 Å². The molecule has 1 saturated heterocycles. The summed E-state index contributed by atoms with van der Waals surface area (Å²) in [5.74, 6) is 1.86. The Labute approximate surface area is 99.4 Å². The highest BCUT2D eigenvalue weighted by Crippen LogP contribution is 2.42. The van der Waals surface area contributed by atoms with Gasteiger partial charge in [-0.05, 0) is 49.9 Å². The molecule has 3 unspecified atom stereocenters. The van der Waals surface area contributed by atoms with Gasteiger partial charge in [-0.25, -0.2) is 0 Å². The molecule has 0 spiro atoms. The molecule has 2 nitrogen and oxygen atoms in total. The Morgan fingerprint density at radius 1 is 1.12 bits per heavy atom. The number of aliphatic hydroxyl groups is 1. The average Bonchev–Trinajstić information content (AvgIpc) is 2.25. The molecule has 0 bridgehead atoms. The van der Waals surface area contributed by atoms with Crippen LogP contribution in [0.1, 0.15) is 52.4 Å². The van der Waals surface area contributed by atoms with E-state index < -0.39 is 0 Å². The van der Waals surface area contributed by atoms with Crippen LogP contribution in [0.25, 0.3) is 0 Å². The molecule has 0 radical (unpaired) electrons. The monoisotopic (exact) mass is 226 g/mol. The van der Waals surface area contributed by atoms with Crippen LogP contribution < -0.4 is 0 Å². The zero-order valence-electron chi connectivity index (χ0n) is 10.7. The van der Waals surface area contributed by atoms with Gasteiger partial charge in [0.15, 0.2) is 0 Å². The van der Waals surface area contributed by atoms with E-state index in [4.69, 9.17) is 4.74 Å². The highest BCUT2D eigenvalue weighted by atomic mass is 16.5. The number of hydrogen-bond acceptors (Lipinski definition) is 2. The lowest BCUT2D eigenvalue weighted by Crippen LogP contribution is -2.44. The molecule has 3 atom stereocenters. The van der Waals surface area contributed by atoms with E-state index in [0.717, 1.165) is 38.9 Å². The molecular formula is C14H26O2. The minimum Gasteiger partial charge on any atom is -0.390 e. The van der Waals surface area contributed by atoms with Crippen molar-refractivity contribution < 1.29 is 9.84 Å². The first-order chi connectivity index (χ1) is 7.60. The molecule has 1 aliphatic carbocycles. The number of rotatable bonds is 2. The third-order valence-corrected chi connectivity index (χ3v) is 4.69. The van der Waals surface area contributed by atoms with E-state index in [9.17, 15) is 5.11 Å².